The van der Waals surface area contributed by atoms with Crippen LogP contribution in [0.3, 0.4) is 0 Å². The summed E-state index contributed by atoms with van der Waals surface area (Å²) in [4.78, 5) is 34.6. The Morgan fingerprint density at radius 1 is 1.55 bits per heavy atom. The summed E-state index contributed by atoms with van der Waals surface area (Å²) in [5.74, 6) is -1.22. The zero-order valence-electron chi connectivity index (χ0n) is 11.0. The molecule has 0 radical (unpaired) electrons. The molecular weight excluding hydrogens is 266 g/mol. The quantitative estimate of drug-likeness (QED) is 0.651. The summed E-state index contributed by atoms with van der Waals surface area (Å²) in [6.45, 7) is 0.861. The van der Waals surface area contributed by atoms with E-state index in [2.05, 4.69) is 0 Å². The van der Waals surface area contributed by atoms with Crippen molar-refractivity contribution in [3.05, 3.63) is 28.1 Å². The average molecular weight is 281 g/mol. The van der Waals surface area contributed by atoms with Gasteiger partial charge in [0.1, 0.15) is 5.69 Å². The van der Waals surface area contributed by atoms with Crippen molar-refractivity contribution in [3.8, 4) is 0 Å². The van der Waals surface area contributed by atoms with E-state index in [1.807, 2.05) is 0 Å². The van der Waals surface area contributed by atoms with Crippen LogP contribution in [0.4, 0.5) is 5.69 Å². The Balaban J connectivity index is 2.09. The van der Waals surface area contributed by atoms with Gasteiger partial charge in [-0.05, 0) is 12.3 Å². The van der Waals surface area contributed by atoms with E-state index in [-0.39, 0.29) is 29.6 Å². The summed E-state index contributed by atoms with van der Waals surface area (Å²) in [7, 11) is 1.57. The minimum atomic E-state index is -0.876. The van der Waals surface area contributed by atoms with Gasteiger partial charge in [-0.3, -0.25) is 19.7 Å². The molecule has 2 heterocycles. The molecule has 20 heavy (non-hydrogen) atoms. The van der Waals surface area contributed by atoms with Crippen molar-refractivity contribution in [2.45, 2.75) is 12.8 Å². The van der Waals surface area contributed by atoms with Crippen LogP contribution in [0.5, 0.6) is 0 Å². The predicted molar refractivity (Wildman–Crippen MR) is 68.3 cm³/mol. The lowest BCUT2D eigenvalue weighted by Crippen LogP contribution is -2.30. The lowest BCUT2D eigenvalue weighted by molar-refractivity contribution is -0.384. The van der Waals surface area contributed by atoms with Crippen LogP contribution in [-0.2, 0) is 11.8 Å². The second kappa shape index (κ2) is 5.32. The number of nitrogens with zero attached hydrogens (tertiary/aromatic N) is 3. The molecule has 0 saturated carbocycles. The molecule has 0 aliphatic carbocycles. The highest BCUT2D eigenvalue weighted by Gasteiger charge is 2.30. The largest absolute Gasteiger partial charge is 0.481 e. The molecule has 1 aliphatic rings. The Morgan fingerprint density at radius 2 is 2.25 bits per heavy atom. The number of hydrogen-bond acceptors (Lipinski definition) is 4. The smallest absolute Gasteiger partial charge is 0.303 e. The van der Waals surface area contributed by atoms with Crippen LogP contribution < -0.4 is 0 Å². The number of aryl methyl sites for hydroxylation is 1. The zero-order chi connectivity index (χ0) is 14.9. The summed E-state index contributed by atoms with van der Waals surface area (Å²) in [6, 6.07) is 1.24. The first kappa shape index (κ1) is 14.0. The maximum Gasteiger partial charge on any atom is 0.303 e. The number of carboxylic acids is 1. The van der Waals surface area contributed by atoms with Crippen LogP contribution in [0.1, 0.15) is 23.3 Å². The topological polar surface area (TPSA) is 106 Å². The van der Waals surface area contributed by atoms with Gasteiger partial charge in [-0.1, -0.05) is 0 Å². The van der Waals surface area contributed by atoms with Crippen LogP contribution in [0.25, 0.3) is 0 Å². The second-order valence-electron chi connectivity index (χ2n) is 4.96. The fraction of sp³-hybridized carbons (Fsp3) is 0.500. The Hall–Kier alpha value is -2.38. The lowest BCUT2D eigenvalue weighted by Gasteiger charge is -2.16. The molecule has 1 N–H and O–H groups in total. The molecule has 1 aliphatic heterocycles. The standard InChI is InChI=1S/C12H15N3O5/c1-13-7-9(15(19)20)5-10(13)12(18)14-3-2-8(6-14)4-11(16)17/h5,7-8H,2-4,6H2,1H3,(H,16,17). The molecule has 1 atom stereocenters. The molecule has 1 aromatic rings. The van der Waals surface area contributed by atoms with E-state index in [0.717, 1.165) is 0 Å². The van der Waals surface area contributed by atoms with Crippen molar-refractivity contribution in [1.82, 2.24) is 9.47 Å². The number of hydrogen-bond donors (Lipinski definition) is 1. The molecule has 108 valence electrons. The highest BCUT2D eigenvalue weighted by atomic mass is 16.6. The first-order valence-electron chi connectivity index (χ1n) is 6.20. The monoisotopic (exact) mass is 281 g/mol. The summed E-state index contributed by atoms with van der Waals surface area (Å²) >= 11 is 0. The van der Waals surface area contributed by atoms with E-state index in [0.29, 0.717) is 19.5 Å². The van der Waals surface area contributed by atoms with Gasteiger partial charge in [-0.2, -0.15) is 0 Å². The minimum absolute atomic E-state index is 0.0388. The highest BCUT2D eigenvalue weighted by Crippen LogP contribution is 2.23. The third-order valence-corrected chi connectivity index (χ3v) is 3.46. The molecular formula is C12H15N3O5. The van der Waals surface area contributed by atoms with Crippen molar-refractivity contribution in [2.24, 2.45) is 13.0 Å². The Labute approximate surface area is 114 Å². The van der Waals surface area contributed by atoms with E-state index < -0.39 is 10.9 Å². The second-order valence-corrected chi connectivity index (χ2v) is 4.96. The highest BCUT2D eigenvalue weighted by molar-refractivity contribution is 5.93. The third-order valence-electron chi connectivity index (χ3n) is 3.46. The van der Waals surface area contributed by atoms with E-state index >= 15 is 0 Å². The van der Waals surface area contributed by atoms with Gasteiger partial charge in [0, 0.05) is 32.6 Å². The number of rotatable bonds is 4. The molecule has 1 aromatic heterocycles. The predicted octanol–water partition coefficient (Wildman–Crippen LogP) is 0.870. The molecule has 1 saturated heterocycles. The van der Waals surface area contributed by atoms with Gasteiger partial charge in [0.25, 0.3) is 11.6 Å². The molecule has 2 rings (SSSR count). The fourth-order valence-electron chi connectivity index (χ4n) is 2.45. The lowest BCUT2D eigenvalue weighted by atomic mass is 10.1. The van der Waals surface area contributed by atoms with Crippen LogP contribution >= 0.6 is 0 Å². The van der Waals surface area contributed by atoms with E-state index in [1.54, 1.807) is 11.9 Å². The number of aromatic nitrogens is 1. The van der Waals surface area contributed by atoms with Crippen LogP contribution in [0, 0.1) is 16.0 Å². The fourth-order valence-corrected chi connectivity index (χ4v) is 2.45. The average Bonchev–Trinajstić information content (AvgIpc) is 2.94. The molecule has 0 aromatic carbocycles. The third kappa shape index (κ3) is 2.79. The van der Waals surface area contributed by atoms with Gasteiger partial charge in [-0.25, -0.2) is 0 Å². The summed E-state index contributed by atoms with van der Waals surface area (Å²) in [5.41, 5.74) is 0.116. The van der Waals surface area contributed by atoms with Gasteiger partial charge >= 0.3 is 5.97 Å². The van der Waals surface area contributed by atoms with Crippen LogP contribution in [0.15, 0.2) is 12.3 Å². The van der Waals surface area contributed by atoms with E-state index in [1.165, 1.54) is 16.8 Å². The van der Waals surface area contributed by atoms with Crippen LogP contribution in [0.2, 0.25) is 0 Å². The molecule has 1 fully saturated rings. The van der Waals surface area contributed by atoms with Crippen molar-refractivity contribution < 1.29 is 19.6 Å². The molecule has 0 bridgehead atoms. The number of nitro groups is 1. The molecule has 8 heteroatoms. The summed E-state index contributed by atoms with van der Waals surface area (Å²) in [6.07, 6.45) is 1.97. The van der Waals surface area contributed by atoms with Crippen molar-refractivity contribution in [3.63, 3.8) is 0 Å². The van der Waals surface area contributed by atoms with Gasteiger partial charge in [0.15, 0.2) is 0 Å². The van der Waals surface area contributed by atoms with Crippen molar-refractivity contribution in [1.29, 1.82) is 0 Å². The molecule has 0 spiro atoms. The zero-order valence-corrected chi connectivity index (χ0v) is 11.0. The number of carbonyl (C=O) groups is 2. The maximum atomic E-state index is 12.3. The number of likely N-dealkylation sites (tertiary alicyclic amines) is 1. The van der Waals surface area contributed by atoms with Crippen LogP contribution in [-0.4, -0.2) is 44.5 Å². The van der Waals surface area contributed by atoms with Crippen molar-refractivity contribution >= 4 is 17.6 Å². The Kier molecular flexibility index (Phi) is 3.73. The Bertz CT molecular complexity index is 565. The van der Waals surface area contributed by atoms with Gasteiger partial charge in [-0.15, -0.1) is 0 Å². The van der Waals surface area contributed by atoms with E-state index in [4.69, 9.17) is 5.11 Å². The molecule has 1 amide bonds. The van der Waals surface area contributed by atoms with Crippen molar-refractivity contribution in [2.75, 3.05) is 13.1 Å². The first-order chi connectivity index (χ1) is 9.38. The van der Waals surface area contributed by atoms with Gasteiger partial charge in [0.05, 0.1) is 11.1 Å². The Morgan fingerprint density at radius 3 is 2.80 bits per heavy atom. The normalized spacial score (nSPS) is 18.2. The van der Waals surface area contributed by atoms with Gasteiger partial charge < -0.3 is 14.6 Å². The molecule has 1 unspecified atom stereocenters. The summed E-state index contributed by atoms with van der Waals surface area (Å²) < 4.78 is 1.42. The number of carboxylic acid groups (broad SMARTS) is 1. The minimum Gasteiger partial charge on any atom is -0.481 e. The first-order valence-corrected chi connectivity index (χ1v) is 6.20. The number of aliphatic carboxylic acids is 1. The maximum absolute atomic E-state index is 12.3. The van der Waals surface area contributed by atoms with Gasteiger partial charge in [0.2, 0.25) is 0 Å². The van der Waals surface area contributed by atoms with E-state index in [9.17, 15) is 19.7 Å². The number of amides is 1. The number of carbonyl (C=O) groups excluding carboxylic acids is 1. The molecule has 8 nitrogen and oxygen atoms in total. The summed E-state index contributed by atoms with van der Waals surface area (Å²) in [5, 5.41) is 19.4. The SMILES string of the molecule is Cn1cc([N+](=O)[O-])cc1C(=O)N1CCC(CC(=O)O)C1.